The van der Waals surface area contributed by atoms with E-state index in [1.807, 2.05) is 30.3 Å². The van der Waals surface area contributed by atoms with Gasteiger partial charge in [-0.1, -0.05) is 48.5 Å². The van der Waals surface area contributed by atoms with Crippen LogP contribution < -0.4 is 4.74 Å². The number of carbonyl (C=O) groups excluding carboxylic acids is 3. The maximum absolute atomic E-state index is 13.1. The van der Waals surface area contributed by atoms with Crippen molar-refractivity contribution in [2.45, 2.75) is 32.7 Å². The Kier molecular flexibility index (Phi) is 10.4. The second-order valence-corrected chi connectivity index (χ2v) is 7.53. The molecule has 34 heavy (non-hydrogen) atoms. The van der Waals surface area contributed by atoms with Crippen molar-refractivity contribution in [3.63, 3.8) is 0 Å². The Bertz CT molecular complexity index is 1060. The van der Waals surface area contributed by atoms with Crippen LogP contribution in [-0.4, -0.2) is 46.9 Å². The first-order valence-electron chi connectivity index (χ1n) is 11.0. The molecule has 2 aromatic carbocycles. The molecule has 0 aliphatic rings. The molecule has 8 nitrogen and oxygen atoms in total. The minimum atomic E-state index is -1.09. The summed E-state index contributed by atoms with van der Waals surface area (Å²) in [5.41, 5.74) is 10.1. The van der Waals surface area contributed by atoms with Gasteiger partial charge in [-0.25, -0.2) is 4.79 Å². The summed E-state index contributed by atoms with van der Waals surface area (Å²) in [5, 5.41) is 0. The first kappa shape index (κ1) is 26.2. The van der Waals surface area contributed by atoms with Gasteiger partial charge in [-0.2, -0.15) is 4.79 Å². The molecule has 0 N–H and O–H groups in total. The number of hydrogen-bond donors (Lipinski definition) is 0. The summed E-state index contributed by atoms with van der Waals surface area (Å²) < 4.78 is 10.0. The summed E-state index contributed by atoms with van der Waals surface area (Å²) in [6.45, 7) is 5.34. The van der Waals surface area contributed by atoms with E-state index in [0.29, 0.717) is 18.4 Å². The first-order chi connectivity index (χ1) is 16.4. The number of benzene rings is 2. The molecule has 0 spiro atoms. The second kappa shape index (κ2) is 13.5. The van der Waals surface area contributed by atoms with Gasteiger partial charge in [-0.15, -0.1) is 6.58 Å². The lowest BCUT2D eigenvalue weighted by molar-refractivity contribution is -0.148. The smallest absolute Gasteiger partial charge is 0.463 e. The van der Waals surface area contributed by atoms with Crippen LogP contribution in [0, 0.1) is 5.92 Å². The topological polar surface area (TPSA) is 109 Å². The Morgan fingerprint density at radius 1 is 1.12 bits per heavy atom. The molecule has 1 atom stereocenters. The van der Waals surface area contributed by atoms with Crippen molar-refractivity contribution in [3.05, 3.63) is 83.9 Å². The van der Waals surface area contributed by atoms with E-state index in [-0.39, 0.29) is 25.5 Å². The standard InChI is InChI=1S/C26H29N3O5/c1-4-19(16-21-12-9-13-22(17-21)33-3)14-15-23(30)29(18-20-10-7-6-8-11-20)25(31)24(28-27)26(32)34-5-2/h4,6-13,17,19H,1,5,14-16,18H2,2-3H3. The third-order valence-electron chi connectivity index (χ3n) is 5.20. The monoisotopic (exact) mass is 463 g/mol. The normalized spacial score (nSPS) is 11.0. The minimum Gasteiger partial charge on any atom is -0.497 e. The zero-order valence-electron chi connectivity index (χ0n) is 19.5. The lowest BCUT2D eigenvalue weighted by atomic mass is 9.94. The van der Waals surface area contributed by atoms with Crippen molar-refractivity contribution in [2.24, 2.45) is 5.92 Å². The largest absolute Gasteiger partial charge is 0.497 e. The van der Waals surface area contributed by atoms with Crippen LogP contribution in [0.4, 0.5) is 0 Å². The SMILES string of the molecule is C=CC(CCC(=O)N(Cc1ccccc1)C(=O)C(=[N+]=[N-])C(=O)OCC)Cc1cccc(OC)c1. The summed E-state index contributed by atoms with van der Waals surface area (Å²) in [4.78, 5) is 41.9. The maximum Gasteiger partial charge on any atom is 0.463 e. The van der Waals surface area contributed by atoms with E-state index in [0.717, 1.165) is 16.2 Å². The van der Waals surface area contributed by atoms with Crippen LogP contribution in [0.15, 0.2) is 67.3 Å². The number of imide groups is 1. The molecule has 0 saturated carbocycles. The number of amides is 2. The molecule has 0 aliphatic carbocycles. The molecule has 0 fully saturated rings. The Labute approximate surface area is 199 Å². The van der Waals surface area contributed by atoms with Crippen LogP contribution in [0.25, 0.3) is 5.53 Å². The average molecular weight is 464 g/mol. The summed E-state index contributed by atoms with van der Waals surface area (Å²) in [6.07, 6.45) is 2.88. The Morgan fingerprint density at radius 2 is 1.82 bits per heavy atom. The van der Waals surface area contributed by atoms with Crippen LogP contribution in [-0.2, 0) is 32.1 Å². The fourth-order valence-corrected chi connectivity index (χ4v) is 3.39. The molecule has 8 heteroatoms. The third-order valence-corrected chi connectivity index (χ3v) is 5.20. The van der Waals surface area contributed by atoms with Crippen molar-refractivity contribution in [2.75, 3.05) is 13.7 Å². The van der Waals surface area contributed by atoms with E-state index in [4.69, 9.17) is 9.47 Å². The molecule has 2 amide bonds. The van der Waals surface area contributed by atoms with Crippen LogP contribution in [0.1, 0.15) is 30.9 Å². The highest BCUT2D eigenvalue weighted by molar-refractivity contribution is 6.62. The van der Waals surface area contributed by atoms with Gasteiger partial charge in [-0.3, -0.25) is 14.5 Å². The molecule has 0 aliphatic heterocycles. The molecule has 2 aromatic rings. The highest BCUT2D eigenvalue weighted by Crippen LogP contribution is 2.20. The Morgan fingerprint density at radius 3 is 2.44 bits per heavy atom. The number of ether oxygens (including phenoxy) is 2. The molecular formula is C26H29N3O5. The summed E-state index contributed by atoms with van der Waals surface area (Å²) >= 11 is 0. The molecular weight excluding hydrogens is 434 g/mol. The molecule has 0 saturated heterocycles. The number of nitrogens with zero attached hydrogens (tertiary/aromatic N) is 3. The number of hydrogen-bond acceptors (Lipinski definition) is 5. The molecule has 0 radical (unpaired) electrons. The average Bonchev–Trinajstić information content (AvgIpc) is 2.86. The van der Waals surface area contributed by atoms with E-state index < -0.39 is 23.5 Å². The fraction of sp³-hybridized carbons (Fsp3) is 0.308. The third kappa shape index (κ3) is 7.53. The van der Waals surface area contributed by atoms with Gasteiger partial charge >= 0.3 is 17.6 Å². The summed E-state index contributed by atoms with van der Waals surface area (Å²) in [6, 6.07) is 16.5. The molecule has 178 valence electrons. The van der Waals surface area contributed by atoms with Crippen LogP contribution in [0.5, 0.6) is 5.75 Å². The van der Waals surface area contributed by atoms with Crippen LogP contribution >= 0.6 is 0 Å². The molecule has 0 aromatic heterocycles. The number of rotatable bonds is 12. The van der Waals surface area contributed by atoms with Gasteiger partial charge in [-0.05, 0) is 48.9 Å². The number of esters is 1. The van der Waals surface area contributed by atoms with E-state index in [2.05, 4.69) is 11.4 Å². The minimum absolute atomic E-state index is 0.0109. The Balaban J connectivity index is 2.17. The van der Waals surface area contributed by atoms with Crippen molar-refractivity contribution in [3.8, 4) is 5.75 Å². The Hall–Kier alpha value is -4.03. The number of methoxy groups -OCH3 is 1. The van der Waals surface area contributed by atoms with E-state index >= 15 is 0 Å². The van der Waals surface area contributed by atoms with Gasteiger partial charge in [0.25, 0.3) is 0 Å². The number of carbonyl (C=O) groups is 3. The quantitative estimate of drug-likeness (QED) is 0.119. The van der Waals surface area contributed by atoms with Crippen LogP contribution in [0.2, 0.25) is 0 Å². The maximum atomic E-state index is 13.1. The van der Waals surface area contributed by atoms with Gasteiger partial charge < -0.3 is 15.0 Å². The highest BCUT2D eigenvalue weighted by atomic mass is 16.5. The van der Waals surface area contributed by atoms with Crippen molar-refractivity contribution >= 4 is 23.5 Å². The van der Waals surface area contributed by atoms with E-state index in [9.17, 15) is 19.9 Å². The predicted octanol–water partition coefficient (Wildman–Crippen LogP) is 3.61. The summed E-state index contributed by atoms with van der Waals surface area (Å²) in [7, 11) is 1.60. The number of allylic oxidation sites excluding steroid dienone is 1. The lowest BCUT2D eigenvalue weighted by Gasteiger charge is -2.20. The predicted molar refractivity (Wildman–Crippen MR) is 127 cm³/mol. The lowest BCUT2D eigenvalue weighted by Crippen LogP contribution is -2.44. The van der Waals surface area contributed by atoms with E-state index in [1.165, 1.54) is 0 Å². The summed E-state index contributed by atoms with van der Waals surface area (Å²) in [5.74, 6) is -1.90. The van der Waals surface area contributed by atoms with Gasteiger partial charge in [0.15, 0.2) is 0 Å². The molecule has 2 rings (SSSR count). The highest BCUT2D eigenvalue weighted by Gasteiger charge is 2.38. The molecule has 1 unspecified atom stereocenters. The van der Waals surface area contributed by atoms with E-state index in [1.54, 1.807) is 44.4 Å². The van der Waals surface area contributed by atoms with Crippen molar-refractivity contribution < 1.29 is 28.6 Å². The second-order valence-electron chi connectivity index (χ2n) is 7.53. The van der Waals surface area contributed by atoms with Gasteiger partial charge in [0.05, 0.1) is 20.3 Å². The zero-order valence-corrected chi connectivity index (χ0v) is 19.5. The first-order valence-corrected chi connectivity index (χ1v) is 11.0. The molecule has 0 heterocycles. The van der Waals surface area contributed by atoms with Gasteiger partial charge in [0.1, 0.15) is 5.75 Å². The van der Waals surface area contributed by atoms with Crippen molar-refractivity contribution in [1.82, 2.24) is 4.90 Å². The fourth-order valence-electron chi connectivity index (χ4n) is 3.39. The van der Waals surface area contributed by atoms with Gasteiger partial charge in [0, 0.05) is 6.42 Å². The zero-order chi connectivity index (χ0) is 24.9. The van der Waals surface area contributed by atoms with Crippen LogP contribution in [0.3, 0.4) is 0 Å². The van der Waals surface area contributed by atoms with Gasteiger partial charge in [0.2, 0.25) is 5.91 Å². The van der Waals surface area contributed by atoms with Crippen molar-refractivity contribution in [1.29, 1.82) is 0 Å². The molecule has 0 bridgehead atoms.